The van der Waals surface area contributed by atoms with Gasteiger partial charge < -0.3 is 24.8 Å². The van der Waals surface area contributed by atoms with Gasteiger partial charge in [0.2, 0.25) is 0 Å². The normalized spacial score (nSPS) is 20.1. The Bertz CT molecular complexity index is 1010. The van der Waals surface area contributed by atoms with Crippen LogP contribution in [0, 0.1) is 11.8 Å². The SMILES string of the molecule is COC(CNC(=O)OCC1c2ccccc2-c2ccccc21)C(=O)N1C[C@@H](C)[C@H](C(=O)O)C1. The summed E-state index contributed by atoms with van der Waals surface area (Å²) in [7, 11) is 1.39. The molecule has 0 spiro atoms. The first kappa shape index (κ1) is 22.8. The molecule has 1 heterocycles. The van der Waals surface area contributed by atoms with E-state index in [1.807, 2.05) is 43.3 Å². The van der Waals surface area contributed by atoms with Crippen molar-refractivity contribution >= 4 is 18.0 Å². The highest BCUT2D eigenvalue weighted by molar-refractivity contribution is 5.83. The van der Waals surface area contributed by atoms with Gasteiger partial charge in [-0.05, 0) is 28.2 Å². The molecule has 3 atom stereocenters. The van der Waals surface area contributed by atoms with E-state index in [4.69, 9.17) is 9.47 Å². The fourth-order valence-corrected chi connectivity index (χ4v) is 4.77. The molecule has 1 saturated heterocycles. The van der Waals surface area contributed by atoms with Gasteiger partial charge >= 0.3 is 12.1 Å². The Kier molecular flexibility index (Phi) is 6.65. The van der Waals surface area contributed by atoms with Crippen molar-refractivity contribution in [1.29, 1.82) is 0 Å². The molecule has 2 aromatic rings. The molecule has 4 rings (SSSR count). The number of fused-ring (bicyclic) bond motifs is 3. The van der Waals surface area contributed by atoms with Crippen LogP contribution in [0.1, 0.15) is 24.0 Å². The Hall–Kier alpha value is -3.39. The van der Waals surface area contributed by atoms with E-state index in [1.165, 1.54) is 12.0 Å². The van der Waals surface area contributed by atoms with Crippen molar-refractivity contribution in [3.8, 4) is 11.1 Å². The minimum absolute atomic E-state index is 0.0537. The van der Waals surface area contributed by atoms with Gasteiger partial charge in [-0.3, -0.25) is 9.59 Å². The number of nitrogens with one attached hydrogen (secondary N) is 1. The number of carbonyl (C=O) groups excluding carboxylic acids is 2. The minimum atomic E-state index is -0.913. The van der Waals surface area contributed by atoms with E-state index < -0.39 is 24.1 Å². The van der Waals surface area contributed by atoms with Crippen LogP contribution in [0.5, 0.6) is 0 Å². The minimum Gasteiger partial charge on any atom is -0.481 e. The number of rotatable bonds is 7. The van der Waals surface area contributed by atoms with Crippen molar-refractivity contribution in [1.82, 2.24) is 10.2 Å². The third-order valence-corrected chi connectivity index (χ3v) is 6.58. The summed E-state index contributed by atoms with van der Waals surface area (Å²) in [5, 5.41) is 11.9. The van der Waals surface area contributed by atoms with Gasteiger partial charge in [0, 0.05) is 26.1 Å². The van der Waals surface area contributed by atoms with Gasteiger partial charge in [-0.15, -0.1) is 0 Å². The molecule has 1 aliphatic carbocycles. The molecule has 0 saturated carbocycles. The van der Waals surface area contributed by atoms with Gasteiger partial charge in [0.15, 0.2) is 6.10 Å². The molecule has 2 aliphatic rings. The first-order chi connectivity index (χ1) is 15.9. The number of benzene rings is 2. The summed E-state index contributed by atoms with van der Waals surface area (Å²) < 4.78 is 10.8. The van der Waals surface area contributed by atoms with Gasteiger partial charge in [0.1, 0.15) is 6.61 Å². The number of hydrogen-bond acceptors (Lipinski definition) is 5. The lowest BCUT2D eigenvalue weighted by molar-refractivity contribution is -0.143. The highest BCUT2D eigenvalue weighted by Gasteiger charge is 2.39. The Morgan fingerprint density at radius 3 is 2.21 bits per heavy atom. The number of aliphatic carboxylic acids is 1. The van der Waals surface area contributed by atoms with E-state index in [0.29, 0.717) is 6.54 Å². The van der Waals surface area contributed by atoms with E-state index >= 15 is 0 Å². The van der Waals surface area contributed by atoms with Crippen molar-refractivity contribution in [2.75, 3.05) is 33.4 Å². The van der Waals surface area contributed by atoms with Crippen molar-refractivity contribution in [3.63, 3.8) is 0 Å². The second kappa shape index (κ2) is 9.62. The number of methoxy groups -OCH3 is 1. The average molecular weight is 453 g/mol. The monoisotopic (exact) mass is 452 g/mol. The van der Waals surface area contributed by atoms with Crippen molar-refractivity contribution in [2.24, 2.45) is 11.8 Å². The number of hydrogen-bond donors (Lipinski definition) is 2. The molecule has 2 N–H and O–H groups in total. The van der Waals surface area contributed by atoms with E-state index in [9.17, 15) is 19.5 Å². The van der Waals surface area contributed by atoms with Crippen LogP contribution in [0.25, 0.3) is 11.1 Å². The van der Waals surface area contributed by atoms with Crippen LogP contribution in [0.4, 0.5) is 4.79 Å². The van der Waals surface area contributed by atoms with E-state index in [0.717, 1.165) is 22.3 Å². The zero-order valence-corrected chi connectivity index (χ0v) is 18.7. The number of carboxylic acid groups (broad SMARTS) is 1. The third-order valence-electron chi connectivity index (χ3n) is 6.58. The zero-order chi connectivity index (χ0) is 23.5. The molecule has 174 valence electrons. The second-order valence-electron chi connectivity index (χ2n) is 8.60. The molecule has 0 aromatic heterocycles. The lowest BCUT2D eigenvalue weighted by Gasteiger charge is -2.23. The number of ether oxygens (including phenoxy) is 2. The van der Waals surface area contributed by atoms with Gasteiger partial charge in [-0.1, -0.05) is 55.5 Å². The number of nitrogens with zero attached hydrogens (tertiary/aromatic N) is 1. The highest BCUT2D eigenvalue weighted by Crippen LogP contribution is 2.44. The van der Waals surface area contributed by atoms with Crippen molar-refractivity contribution in [2.45, 2.75) is 18.9 Å². The summed E-state index contributed by atoms with van der Waals surface area (Å²) in [5.41, 5.74) is 4.53. The maximum absolute atomic E-state index is 12.8. The van der Waals surface area contributed by atoms with Crippen molar-refractivity contribution in [3.05, 3.63) is 59.7 Å². The number of carboxylic acids is 1. The van der Waals surface area contributed by atoms with Crippen molar-refractivity contribution < 1.29 is 29.0 Å². The van der Waals surface area contributed by atoms with Gasteiger partial charge in [-0.25, -0.2) is 4.79 Å². The van der Waals surface area contributed by atoms with Crippen LogP contribution in [-0.4, -0.2) is 67.4 Å². The number of likely N-dealkylation sites (tertiary alicyclic amines) is 1. The van der Waals surface area contributed by atoms with Gasteiger partial charge in [0.05, 0.1) is 12.5 Å². The standard InChI is InChI=1S/C25H28N2O6/c1-15-12-27(13-20(15)24(29)30)23(28)22(32-2)11-26-25(31)33-14-21-18-9-5-3-7-16(18)17-8-4-6-10-19(17)21/h3-10,15,20-22H,11-14H2,1-2H3,(H,26,31)(H,29,30)/t15-,20-,22?/m1/s1. The largest absolute Gasteiger partial charge is 0.481 e. The topological polar surface area (TPSA) is 105 Å². The lowest BCUT2D eigenvalue weighted by Crippen LogP contribution is -2.45. The fourth-order valence-electron chi connectivity index (χ4n) is 4.77. The molecule has 8 heteroatoms. The number of alkyl carbamates (subject to hydrolysis) is 1. The van der Waals surface area contributed by atoms with Gasteiger partial charge in [0.25, 0.3) is 5.91 Å². The molecule has 1 fully saturated rings. The molecule has 1 aliphatic heterocycles. The molecule has 0 radical (unpaired) electrons. The molecular formula is C25H28N2O6. The number of carbonyl (C=O) groups is 3. The van der Waals surface area contributed by atoms with Crippen LogP contribution in [-0.2, 0) is 19.1 Å². The third kappa shape index (κ3) is 4.57. The molecule has 1 unspecified atom stereocenters. The molecular weight excluding hydrogens is 424 g/mol. The molecule has 8 nitrogen and oxygen atoms in total. The summed E-state index contributed by atoms with van der Waals surface area (Å²) in [5.74, 6) is -2.04. The van der Waals surface area contributed by atoms with E-state index in [-0.39, 0.29) is 37.4 Å². The average Bonchev–Trinajstić information content (AvgIpc) is 3.36. The molecule has 2 aromatic carbocycles. The molecule has 0 bridgehead atoms. The van der Waals surface area contributed by atoms with Crippen LogP contribution >= 0.6 is 0 Å². The quantitative estimate of drug-likeness (QED) is 0.669. The van der Waals surface area contributed by atoms with E-state index in [1.54, 1.807) is 0 Å². The van der Waals surface area contributed by atoms with E-state index in [2.05, 4.69) is 17.4 Å². The fraction of sp³-hybridized carbons (Fsp3) is 0.400. The maximum Gasteiger partial charge on any atom is 0.407 e. The number of amides is 2. The Morgan fingerprint density at radius 2 is 1.67 bits per heavy atom. The first-order valence-corrected chi connectivity index (χ1v) is 11.0. The van der Waals surface area contributed by atoms with Crippen LogP contribution in [0.3, 0.4) is 0 Å². The smallest absolute Gasteiger partial charge is 0.407 e. The Balaban J connectivity index is 1.32. The van der Waals surface area contributed by atoms with Crippen LogP contribution in [0.15, 0.2) is 48.5 Å². The summed E-state index contributed by atoms with van der Waals surface area (Å²) in [4.78, 5) is 38.0. The predicted molar refractivity (Wildman–Crippen MR) is 121 cm³/mol. The predicted octanol–water partition coefficient (Wildman–Crippen LogP) is 2.72. The Labute approximate surface area is 192 Å². The van der Waals surface area contributed by atoms with Gasteiger partial charge in [-0.2, -0.15) is 0 Å². The molecule has 33 heavy (non-hydrogen) atoms. The summed E-state index contributed by atoms with van der Waals surface area (Å²) >= 11 is 0. The maximum atomic E-state index is 12.8. The first-order valence-electron chi connectivity index (χ1n) is 11.0. The molecule has 2 amide bonds. The van der Waals surface area contributed by atoms with Crippen LogP contribution in [0.2, 0.25) is 0 Å². The zero-order valence-electron chi connectivity index (χ0n) is 18.7. The summed E-state index contributed by atoms with van der Waals surface area (Å²) in [6.45, 7) is 2.41. The lowest BCUT2D eigenvalue weighted by atomic mass is 9.98. The highest BCUT2D eigenvalue weighted by atomic mass is 16.5. The second-order valence-corrected chi connectivity index (χ2v) is 8.60. The summed E-state index contributed by atoms with van der Waals surface area (Å²) in [6, 6.07) is 16.2. The van der Waals surface area contributed by atoms with Crippen LogP contribution < -0.4 is 5.32 Å². The Morgan fingerprint density at radius 1 is 1.06 bits per heavy atom. The summed E-state index contributed by atoms with van der Waals surface area (Å²) in [6.07, 6.45) is -1.55.